The molecule has 1 aromatic carbocycles. The quantitative estimate of drug-likeness (QED) is 0.491. The van der Waals surface area contributed by atoms with Crippen molar-refractivity contribution in [1.29, 1.82) is 0 Å². The summed E-state index contributed by atoms with van der Waals surface area (Å²) in [6.07, 6.45) is 0. The van der Waals surface area contributed by atoms with Gasteiger partial charge < -0.3 is 20.6 Å². The lowest BCUT2D eigenvalue weighted by Gasteiger charge is -2.26. The van der Waals surface area contributed by atoms with Crippen molar-refractivity contribution in [2.24, 2.45) is 4.99 Å². The normalized spacial score (nSPS) is 15.5. The molecule has 0 saturated heterocycles. The molecular weight excluding hydrogens is 344 g/mol. The van der Waals surface area contributed by atoms with E-state index in [9.17, 15) is 5.11 Å². The molecule has 2 rings (SSSR count). The van der Waals surface area contributed by atoms with Gasteiger partial charge in [0, 0.05) is 18.0 Å². The van der Waals surface area contributed by atoms with Gasteiger partial charge in [0.1, 0.15) is 5.60 Å². The van der Waals surface area contributed by atoms with Gasteiger partial charge in [-0.1, -0.05) is 36.4 Å². The van der Waals surface area contributed by atoms with Crippen LogP contribution >= 0.6 is 11.3 Å². The maximum absolute atomic E-state index is 10.7. The summed E-state index contributed by atoms with van der Waals surface area (Å²) in [6.45, 7) is 5.64. The SMILES string of the molecule is CCNC(=NCC(C)(O)c1cccs1)NCC(c1ccccc1)N(C)C. The van der Waals surface area contributed by atoms with Gasteiger partial charge in [0.15, 0.2) is 5.96 Å². The van der Waals surface area contributed by atoms with Gasteiger partial charge in [-0.05, 0) is 45.0 Å². The van der Waals surface area contributed by atoms with E-state index in [1.54, 1.807) is 18.3 Å². The van der Waals surface area contributed by atoms with Gasteiger partial charge in [0.05, 0.1) is 12.6 Å². The molecule has 0 spiro atoms. The van der Waals surface area contributed by atoms with E-state index in [-0.39, 0.29) is 6.04 Å². The molecule has 0 amide bonds. The number of aliphatic imine (C=N–C) groups is 1. The molecule has 142 valence electrons. The van der Waals surface area contributed by atoms with Gasteiger partial charge in [0.2, 0.25) is 0 Å². The molecule has 26 heavy (non-hydrogen) atoms. The summed E-state index contributed by atoms with van der Waals surface area (Å²) < 4.78 is 0. The number of aliphatic hydroxyl groups is 1. The molecule has 0 saturated carbocycles. The van der Waals surface area contributed by atoms with Crippen LogP contribution in [0.1, 0.15) is 30.3 Å². The van der Waals surface area contributed by atoms with Crippen molar-refractivity contribution in [2.75, 3.05) is 33.7 Å². The first kappa shape index (κ1) is 20.4. The first-order valence-electron chi connectivity index (χ1n) is 8.94. The van der Waals surface area contributed by atoms with Crippen molar-refractivity contribution >= 4 is 17.3 Å². The fraction of sp³-hybridized carbons (Fsp3) is 0.450. The van der Waals surface area contributed by atoms with Gasteiger partial charge >= 0.3 is 0 Å². The number of nitrogens with one attached hydrogen (secondary N) is 2. The number of hydrogen-bond donors (Lipinski definition) is 3. The minimum absolute atomic E-state index is 0.234. The zero-order chi connectivity index (χ0) is 19.0. The predicted octanol–water partition coefficient (Wildman–Crippen LogP) is 2.81. The van der Waals surface area contributed by atoms with Crippen LogP contribution in [-0.2, 0) is 5.60 Å². The summed E-state index contributed by atoms with van der Waals surface area (Å²) in [5.74, 6) is 0.715. The average molecular weight is 375 g/mol. The summed E-state index contributed by atoms with van der Waals surface area (Å²) in [4.78, 5) is 7.71. The Hall–Kier alpha value is -1.89. The molecule has 0 bridgehead atoms. The number of thiophene rings is 1. The molecule has 0 radical (unpaired) electrons. The minimum Gasteiger partial charge on any atom is -0.383 e. The van der Waals surface area contributed by atoms with Gasteiger partial charge in [-0.15, -0.1) is 11.3 Å². The lowest BCUT2D eigenvalue weighted by molar-refractivity contribution is 0.0711. The van der Waals surface area contributed by atoms with Crippen molar-refractivity contribution < 1.29 is 5.11 Å². The largest absolute Gasteiger partial charge is 0.383 e. The van der Waals surface area contributed by atoms with Crippen molar-refractivity contribution in [3.8, 4) is 0 Å². The number of benzene rings is 1. The van der Waals surface area contributed by atoms with Crippen LogP contribution in [0.4, 0.5) is 0 Å². The molecule has 6 heteroatoms. The van der Waals surface area contributed by atoms with E-state index in [2.05, 4.69) is 58.9 Å². The first-order valence-corrected chi connectivity index (χ1v) is 9.82. The Morgan fingerprint density at radius 1 is 1.19 bits per heavy atom. The Balaban J connectivity index is 2.04. The highest BCUT2D eigenvalue weighted by Gasteiger charge is 2.24. The van der Waals surface area contributed by atoms with Crippen LogP contribution in [0, 0.1) is 0 Å². The Labute approximate surface area is 160 Å². The van der Waals surface area contributed by atoms with Crippen LogP contribution in [0.2, 0.25) is 0 Å². The van der Waals surface area contributed by atoms with Crippen LogP contribution in [0.3, 0.4) is 0 Å². The topological polar surface area (TPSA) is 59.9 Å². The third-order valence-electron chi connectivity index (χ3n) is 4.21. The lowest BCUT2D eigenvalue weighted by Crippen LogP contribution is -2.42. The molecule has 1 heterocycles. The van der Waals surface area contributed by atoms with Gasteiger partial charge in [-0.25, -0.2) is 4.99 Å². The van der Waals surface area contributed by atoms with Crippen LogP contribution in [-0.4, -0.2) is 49.7 Å². The molecule has 3 N–H and O–H groups in total. The summed E-state index contributed by atoms with van der Waals surface area (Å²) in [7, 11) is 4.15. The monoisotopic (exact) mass is 374 g/mol. The summed E-state index contributed by atoms with van der Waals surface area (Å²) >= 11 is 1.55. The third kappa shape index (κ3) is 5.83. The smallest absolute Gasteiger partial charge is 0.191 e. The van der Waals surface area contributed by atoms with Crippen molar-refractivity contribution in [3.05, 3.63) is 58.3 Å². The Morgan fingerprint density at radius 3 is 2.50 bits per heavy atom. The number of likely N-dealkylation sites (N-methyl/N-ethyl adjacent to an activating group) is 1. The van der Waals surface area contributed by atoms with Crippen LogP contribution in [0.25, 0.3) is 0 Å². The maximum atomic E-state index is 10.7. The van der Waals surface area contributed by atoms with E-state index >= 15 is 0 Å². The van der Waals surface area contributed by atoms with E-state index < -0.39 is 5.60 Å². The number of rotatable bonds is 8. The molecular formula is C20H30N4OS. The summed E-state index contributed by atoms with van der Waals surface area (Å²) in [5.41, 5.74) is 0.295. The molecule has 5 nitrogen and oxygen atoms in total. The summed E-state index contributed by atoms with van der Waals surface area (Å²) in [6, 6.07) is 14.5. The highest BCUT2D eigenvalue weighted by molar-refractivity contribution is 7.10. The van der Waals surface area contributed by atoms with E-state index in [1.807, 2.05) is 30.5 Å². The molecule has 0 aliphatic heterocycles. The Kier molecular flexibility index (Phi) is 7.63. The van der Waals surface area contributed by atoms with Crippen LogP contribution in [0.5, 0.6) is 0 Å². The standard InChI is InChI=1S/C20H30N4OS/c1-5-21-19(23-15-20(2,25)18-12-9-13-26-18)22-14-17(24(3)4)16-10-7-6-8-11-16/h6-13,17,25H,5,14-15H2,1-4H3,(H2,21,22,23). The van der Waals surface area contributed by atoms with Gasteiger partial charge in [0.25, 0.3) is 0 Å². The van der Waals surface area contributed by atoms with E-state index in [4.69, 9.17) is 0 Å². The fourth-order valence-corrected chi connectivity index (χ4v) is 3.48. The fourth-order valence-electron chi connectivity index (χ4n) is 2.70. The van der Waals surface area contributed by atoms with E-state index in [0.717, 1.165) is 18.0 Å². The summed E-state index contributed by atoms with van der Waals surface area (Å²) in [5, 5.41) is 19.3. The van der Waals surface area contributed by atoms with Crippen LogP contribution < -0.4 is 10.6 Å². The zero-order valence-corrected chi connectivity index (χ0v) is 16.9. The van der Waals surface area contributed by atoms with Crippen molar-refractivity contribution in [2.45, 2.75) is 25.5 Å². The van der Waals surface area contributed by atoms with Gasteiger partial charge in [-0.3, -0.25) is 0 Å². The molecule has 2 atom stereocenters. The molecule has 0 aliphatic carbocycles. The minimum atomic E-state index is -0.961. The first-order chi connectivity index (χ1) is 12.4. The van der Waals surface area contributed by atoms with Crippen molar-refractivity contribution in [3.63, 3.8) is 0 Å². The average Bonchev–Trinajstić information content (AvgIpc) is 3.16. The highest BCUT2D eigenvalue weighted by atomic mass is 32.1. The highest BCUT2D eigenvalue weighted by Crippen LogP contribution is 2.25. The van der Waals surface area contributed by atoms with Gasteiger partial charge in [-0.2, -0.15) is 0 Å². The zero-order valence-electron chi connectivity index (χ0n) is 16.1. The van der Waals surface area contributed by atoms with E-state index in [0.29, 0.717) is 12.5 Å². The second-order valence-corrected chi connectivity index (χ2v) is 7.67. The van der Waals surface area contributed by atoms with Crippen LogP contribution in [0.15, 0.2) is 52.8 Å². The van der Waals surface area contributed by atoms with Crippen molar-refractivity contribution in [1.82, 2.24) is 15.5 Å². The number of nitrogens with zero attached hydrogens (tertiary/aromatic N) is 2. The van der Waals surface area contributed by atoms with E-state index in [1.165, 1.54) is 5.56 Å². The Bertz CT molecular complexity index is 668. The number of hydrogen-bond acceptors (Lipinski definition) is 4. The molecule has 2 aromatic rings. The lowest BCUT2D eigenvalue weighted by atomic mass is 10.1. The maximum Gasteiger partial charge on any atom is 0.191 e. The number of guanidine groups is 1. The molecule has 1 aromatic heterocycles. The predicted molar refractivity (Wildman–Crippen MR) is 111 cm³/mol. The third-order valence-corrected chi connectivity index (χ3v) is 5.33. The molecule has 0 aliphatic rings. The second-order valence-electron chi connectivity index (χ2n) is 6.72. The molecule has 0 fully saturated rings. The second kappa shape index (κ2) is 9.71. The Morgan fingerprint density at radius 2 is 1.92 bits per heavy atom. The molecule has 2 unspecified atom stereocenters.